The molecule has 1 atom stereocenters. The lowest BCUT2D eigenvalue weighted by Crippen LogP contribution is -2.40. The zero-order valence-electron chi connectivity index (χ0n) is 22.1. The molecule has 40 heavy (non-hydrogen) atoms. The first-order chi connectivity index (χ1) is 18.9. The number of hydrogen-bond acceptors (Lipinski definition) is 5. The number of rotatable bonds is 7. The maximum absolute atomic E-state index is 14.1. The van der Waals surface area contributed by atoms with Crippen molar-refractivity contribution in [2.45, 2.75) is 50.2 Å². The van der Waals surface area contributed by atoms with Gasteiger partial charge in [-0.05, 0) is 86.4 Å². The summed E-state index contributed by atoms with van der Waals surface area (Å²) in [5.41, 5.74) is 0.624. The lowest BCUT2D eigenvalue weighted by molar-refractivity contribution is -0.137. The number of nitrogens with zero attached hydrogens (tertiary/aromatic N) is 5. The Hall–Kier alpha value is -2.64. The first-order valence-electron chi connectivity index (χ1n) is 13.4. The number of fused-ring (bicyclic) bond motifs is 1. The summed E-state index contributed by atoms with van der Waals surface area (Å²) in [6.45, 7) is 2.96. The molecule has 13 heteroatoms. The minimum atomic E-state index is -4.44. The van der Waals surface area contributed by atoms with E-state index >= 15 is 0 Å². The van der Waals surface area contributed by atoms with E-state index in [1.54, 1.807) is 4.68 Å². The van der Waals surface area contributed by atoms with Crippen LogP contribution in [-0.4, -0.2) is 71.6 Å². The smallest absolute Gasteiger partial charge is 0.303 e. The van der Waals surface area contributed by atoms with Gasteiger partial charge in [0, 0.05) is 32.2 Å². The van der Waals surface area contributed by atoms with Crippen LogP contribution in [0.2, 0.25) is 0 Å². The first-order valence-corrected chi connectivity index (χ1v) is 15.3. The monoisotopic (exact) mass is 585 g/mol. The summed E-state index contributed by atoms with van der Waals surface area (Å²) in [5, 5.41) is 8.11. The van der Waals surface area contributed by atoms with Gasteiger partial charge in [-0.1, -0.05) is 5.21 Å². The Kier molecular flexibility index (Phi) is 8.17. The number of halogens is 5. The van der Waals surface area contributed by atoms with Crippen LogP contribution in [0.25, 0.3) is 11.0 Å². The number of likely N-dealkylation sites (tertiary alicyclic amines) is 1. The van der Waals surface area contributed by atoms with Crippen LogP contribution in [-0.2, 0) is 16.2 Å². The van der Waals surface area contributed by atoms with Crippen molar-refractivity contribution in [3.05, 3.63) is 59.2 Å². The third kappa shape index (κ3) is 6.46. The lowest BCUT2D eigenvalue weighted by Gasteiger charge is -2.37. The Morgan fingerprint density at radius 3 is 2.20 bits per heavy atom. The third-order valence-corrected chi connectivity index (χ3v) is 9.61. The van der Waals surface area contributed by atoms with Gasteiger partial charge in [0.2, 0.25) is 10.0 Å². The highest BCUT2D eigenvalue weighted by molar-refractivity contribution is 7.88. The Balaban J connectivity index is 1.23. The minimum absolute atomic E-state index is 0.00594. The van der Waals surface area contributed by atoms with Gasteiger partial charge < -0.3 is 4.90 Å². The fourth-order valence-corrected chi connectivity index (χ4v) is 7.04. The van der Waals surface area contributed by atoms with Gasteiger partial charge in [0.05, 0.1) is 23.4 Å². The van der Waals surface area contributed by atoms with Crippen LogP contribution in [0.1, 0.15) is 55.2 Å². The SMILES string of the molecule is CS(=O)(=O)N1CCC([C@@H](CCN2CCC(n3nnc4cc(C(F)(F)F)ccc43)CC2)c2cc(F)cc(F)c2)CC1. The lowest BCUT2D eigenvalue weighted by atomic mass is 9.78. The van der Waals surface area contributed by atoms with E-state index in [1.165, 1.54) is 28.8 Å². The van der Waals surface area contributed by atoms with Gasteiger partial charge in [-0.25, -0.2) is 26.2 Å². The van der Waals surface area contributed by atoms with Crippen LogP contribution >= 0.6 is 0 Å². The molecule has 2 aliphatic heterocycles. The van der Waals surface area contributed by atoms with E-state index in [-0.39, 0.29) is 23.4 Å². The second-order valence-electron chi connectivity index (χ2n) is 10.9. The Morgan fingerprint density at radius 1 is 0.950 bits per heavy atom. The molecular weight excluding hydrogens is 553 g/mol. The van der Waals surface area contributed by atoms with Crippen LogP contribution in [0, 0.1) is 17.6 Å². The van der Waals surface area contributed by atoms with Gasteiger partial charge in [-0.2, -0.15) is 13.2 Å². The highest BCUT2D eigenvalue weighted by Gasteiger charge is 2.33. The average Bonchev–Trinajstić information content (AvgIpc) is 3.31. The molecule has 1 aromatic heterocycles. The van der Waals surface area contributed by atoms with E-state index in [9.17, 15) is 30.4 Å². The first kappa shape index (κ1) is 28.9. The molecule has 0 aliphatic carbocycles. The number of aromatic nitrogens is 3. The van der Waals surface area contributed by atoms with Crippen molar-refractivity contribution in [2.24, 2.45) is 5.92 Å². The predicted molar refractivity (Wildman–Crippen MR) is 140 cm³/mol. The maximum atomic E-state index is 14.1. The molecule has 218 valence electrons. The van der Waals surface area contributed by atoms with Crippen molar-refractivity contribution in [1.29, 1.82) is 0 Å². The van der Waals surface area contributed by atoms with E-state index in [2.05, 4.69) is 15.2 Å². The van der Waals surface area contributed by atoms with Crippen molar-refractivity contribution >= 4 is 21.1 Å². The molecule has 0 bridgehead atoms. The van der Waals surface area contributed by atoms with Crippen LogP contribution in [0.15, 0.2) is 36.4 Å². The Morgan fingerprint density at radius 2 is 1.60 bits per heavy atom. The number of benzene rings is 2. The molecule has 0 spiro atoms. The Labute approximate surface area is 230 Å². The van der Waals surface area contributed by atoms with Gasteiger partial charge in [0.25, 0.3) is 0 Å². The van der Waals surface area contributed by atoms with E-state index in [0.29, 0.717) is 50.0 Å². The zero-order valence-corrected chi connectivity index (χ0v) is 22.9. The number of piperidine rings is 2. The van der Waals surface area contributed by atoms with Gasteiger partial charge >= 0.3 is 6.18 Å². The maximum Gasteiger partial charge on any atom is 0.416 e. The molecule has 3 aromatic rings. The van der Waals surface area contributed by atoms with Crippen molar-refractivity contribution in [3.8, 4) is 0 Å². The van der Waals surface area contributed by atoms with Crippen LogP contribution in [0.5, 0.6) is 0 Å². The van der Waals surface area contributed by atoms with Crippen LogP contribution in [0.4, 0.5) is 22.0 Å². The average molecular weight is 586 g/mol. The largest absolute Gasteiger partial charge is 0.416 e. The van der Waals surface area contributed by atoms with Crippen molar-refractivity contribution in [2.75, 3.05) is 39.0 Å². The molecule has 2 fully saturated rings. The second-order valence-corrected chi connectivity index (χ2v) is 12.9. The topological polar surface area (TPSA) is 71.3 Å². The number of hydrogen-bond donors (Lipinski definition) is 0. The number of alkyl halides is 3. The molecule has 2 aliphatic rings. The minimum Gasteiger partial charge on any atom is -0.303 e. The van der Waals surface area contributed by atoms with Crippen molar-refractivity contribution in [1.82, 2.24) is 24.2 Å². The summed E-state index contributed by atoms with van der Waals surface area (Å²) in [7, 11) is -3.29. The molecule has 5 rings (SSSR count). The summed E-state index contributed by atoms with van der Waals surface area (Å²) in [5.74, 6) is -1.28. The van der Waals surface area contributed by atoms with E-state index in [0.717, 1.165) is 44.1 Å². The molecular formula is C27H32F5N5O2S. The van der Waals surface area contributed by atoms with E-state index in [1.807, 2.05) is 0 Å². The van der Waals surface area contributed by atoms with Gasteiger partial charge in [-0.15, -0.1) is 5.10 Å². The summed E-state index contributed by atoms with van der Waals surface area (Å²) >= 11 is 0. The summed E-state index contributed by atoms with van der Waals surface area (Å²) in [4.78, 5) is 2.28. The van der Waals surface area contributed by atoms with Gasteiger partial charge in [-0.3, -0.25) is 0 Å². The quantitative estimate of drug-likeness (QED) is 0.356. The number of sulfonamides is 1. The summed E-state index contributed by atoms with van der Waals surface area (Å²) in [6, 6.07) is 7.10. The Bertz CT molecular complexity index is 1430. The fourth-order valence-electron chi connectivity index (χ4n) is 6.17. The summed E-state index contributed by atoms with van der Waals surface area (Å²) < 4.78 is 94.5. The molecule has 7 nitrogen and oxygen atoms in total. The fraction of sp³-hybridized carbons (Fsp3) is 0.556. The molecule has 2 saturated heterocycles. The van der Waals surface area contributed by atoms with Gasteiger partial charge in [0.15, 0.2) is 0 Å². The van der Waals surface area contributed by atoms with Crippen molar-refractivity contribution in [3.63, 3.8) is 0 Å². The normalized spacial score (nSPS) is 19.9. The van der Waals surface area contributed by atoms with Gasteiger partial charge in [0.1, 0.15) is 17.2 Å². The molecule has 0 amide bonds. The summed E-state index contributed by atoms with van der Waals surface area (Å²) in [6.07, 6.45) is 0.142. The van der Waals surface area contributed by atoms with E-state index in [4.69, 9.17) is 0 Å². The zero-order chi connectivity index (χ0) is 28.7. The predicted octanol–water partition coefficient (Wildman–Crippen LogP) is 5.21. The molecule has 0 unspecified atom stereocenters. The molecule has 2 aromatic carbocycles. The van der Waals surface area contributed by atoms with Crippen molar-refractivity contribution < 1.29 is 30.4 Å². The third-order valence-electron chi connectivity index (χ3n) is 8.31. The van der Waals surface area contributed by atoms with E-state index < -0.39 is 33.4 Å². The molecule has 0 N–H and O–H groups in total. The molecule has 0 radical (unpaired) electrons. The van der Waals surface area contributed by atoms with Crippen LogP contribution < -0.4 is 0 Å². The molecule has 3 heterocycles. The molecule has 0 saturated carbocycles. The van der Waals surface area contributed by atoms with Crippen LogP contribution in [0.3, 0.4) is 0 Å². The highest BCUT2D eigenvalue weighted by atomic mass is 32.2. The highest BCUT2D eigenvalue weighted by Crippen LogP contribution is 2.37. The second kappa shape index (κ2) is 11.3. The standard InChI is InChI=1S/C27H32F5N5O2S/c1-40(38,39)36-12-4-18(5-13-36)24(19-14-21(28)17-22(29)15-19)8-11-35-9-6-23(7-10-35)37-26-3-2-20(27(30,31)32)16-25(26)33-34-37/h2-3,14-18,23-24H,4-13H2,1H3/t24-/m1/s1.